The molecule has 0 saturated carbocycles. The van der Waals surface area contributed by atoms with Crippen molar-refractivity contribution in [3.8, 4) is 17.4 Å². The molecule has 0 N–H and O–H groups in total. The SMILES string of the molecule is COc1cc(OC)cc(N2CCN(C(=S)[AsH]c3nc(C)c(C)nc3OC)CC2)c1. The summed E-state index contributed by atoms with van der Waals surface area (Å²) < 4.78 is 18.1. The van der Waals surface area contributed by atoms with Gasteiger partial charge in [0.05, 0.1) is 0 Å². The number of piperazine rings is 1. The van der Waals surface area contributed by atoms with Gasteiger partial charge in [0.1, 0.15) is 0 Å². The van der Waals surface area contributed by atoms with Crippen molar-refractivity contribution in [2.24, 2.45) is 0 Å². The normalized spacial score (nSPS) is 14.4. The van der Waals surface area contributed by atoms with Crippen molar-refractivity contribution in [1.82, 2.24) is 14.9 Å². The average Bonchev–Trinajstić information content (AvgIpc) is 2.75. The number of nitrogens with zero attached hydrogens (tertiary/aromatic N) is 4. The van der Waals surface area contributed by atoms with E-state index in [1.165, 1.54) is 0 Å². The topological polar surface area (TPSA) is 60.0 Å². The molecule has 0 spiro atoms. The Kier molecular flexibility index (Phi) is 7.19. The maximum absolute atomic E-state index is 5.77. The number of rotatable bonds is 6. The Morgan fingerprint density at radius 2 is 1.48 bits per heavy atom. The van der Waals surface area contributed by atoms with Gasteiger partial charge in [-0.15, -0.1) is 0 Å². The second-order valence-electron chi connectivity index (χ2n) is 6.73. The molecule has 29 heavy (non-hydrogen) atoms. The van der Waals surface area contributed by atoms with E-state index in [9.17, 15) is 0 Å². The van der Waals surface area contributed by atoms with Crippen LogP contribution in [0.2, 0.25) is 0 Å². The number of ether oxygens (including phenoxy) is 3. The Bertz CT molecular complexity index is 866. The molecule has 9 heteroatoms. The predicted octanol–water partition coefficient (Wildman–Crippen LogP) is 1.29. The molecule has 3 rings (SSSR count). The molecule has 1 fully saturated rings. The summed E-state index contributed by atoms with van der Waals surface area (Å²) in [6.07, 6.45) is 0. The van der Waals surface area contributed by atoms with Gasteiger partial charge in [0, 0.05) is 0 Å². The number of methoxy groups -OCH3 is 3. The summed E-state index contributed by atoms with van der Waals surface area (Å²) in [5, 5.41) is 0. The second-order valence-corrected chi connectivity index (χ2v) is 10.4. The van der Waals surface area contributed by atoms with Crippen molar-refractivity contribution in [1.29, 1.82) is 0 Å². The van der Waals surface area contributed by atoms with E-state index in [0.29, 0.717) is 5.88 Å². The van der Waals surface area contributed by atoms with E-state index in [-0.39, 0.29) is 0 Å². The first-order chi connectivity index (χ1) is 13.9. The van der Waals surface area contributed by atoms with Gasteiger partial charge < -0.3 is 0 Å². The van der Waals surface area contributed by atoms with E-state index in [0.717, 1.165) is 63.0 Å². The first-order valence-electron chi connectivity index (χ1n) is 9.38. The summed E-state index contributed by atoms with van der Waals surface area (Å²) in [7, 11) is 4.98. The summed E-state index contributed by atoms with van der Waals surface area (Å²) in [5.41, 5.74) is 2.93. The van der Waals surface area contributed by atoms with Gasteiger partial charge in [0.2, 0.25) is 0 Å². The van der Waals surface area contributed by atoms with E-state index in [4.69, 9.17) is 31.4 Å². The minimum absolute atomic E-state index is 0.609. The molecule has 7 nitrogen and oxygen atoms in total. The van der Waals surface area contributed by atoms with E-state index < -0.39 is 15.8 Å². The van der Waals surface area contributed by atoms with Gasteiger partial charge in [0.15, 0.2) is 0 Å². The van der Waals surface area contributed by atoms with Crippen LogP contribution in [0.4, 0.5) is 5.69 Å². The Morgan fingerprint density at radius 1 is 0.897 bits per heavy atom. The number of hydrogen-bond acceptors (Lipinski definition) is 7. The molecular formula is C20H27AsN4O3S. The van der Waals surface area contributed by atoms with Crippen molar-refractivity contribution < 1.29 is 14.2 Å². The molecule has 2 aromatic rings. The van der Waals surface area contributed by atoms with Crippen molar-refractivity contribution in [3.05, 3.63) is 29.6 Å². The molecule has 0 amide bonds. The third-order valence-corrected chi connectivity index (χ3v) is 8.04. The first-order valence-corrected chi connectivity index (χ1v) is 11.9. The van der Waals surface area contributed by atoms with Crippen LogP contribution in [0.15, 0.2) is 18.2 Å². The van der Waals surface area contributed by atoms with Crippen molar-refractivity contribution >= 4 is 41.9 Å². The molecule has 1 aliphatic heterocycles. The monoisotopic (exact) mass is 478 g/mol. The maximum atomic E-state index is 5.77. The number of benzene rings is 1. The van der Waals surface area contributed by atoms with E-state index in [1.807, 2.05) is 32.0 Å². The van der Waals surface area contributed by atoms with Crippen molar-refractivity contribution in [3.63, 3.8) is 0 Å². The van der Waals surface area contributed by atoms with Crippen LogP contribution >= 0.6 is 12.2 Å². The Hall–Kier alpha value is -2.05. The summed E-state index contributed by atoms with van der Waals surface area (Å²) in [5.74, 6) is 2.20. The van der Waals surface area contributed by atoms with Crippen LogP contribution in [0.1, 0.15) is 11.4 Å². The summed E-state index contributed by atoms with van der Waals surface area (Å²) in [4.78, 5) is 13.8. The standard InChI is InChI=1S/C20H27AsN4O3S/c1-13-14(2)23-19(28-5)18(22-13)21-20(29)25-8-6-24(7-9-25)15-10-16(26-3)12-17(11-15)27-4/h10-12,21H,6-9H2,1-5H3. The molecule has 1 atom stereocenters. The zero-order valence-electron chi connectivity index (χ0n) is 17.5. The molecule has 156 valence electrons. The molecule has 1 aromatic carbocycles. The third kappa shape index (κ3) is 5.11. The fourth-order valence-corrected chi connectivity index (χ4v) is 6.07. The number of anilines is 1. The number of hydrogen-bond donors (Lipinski definition) is 0. The quantitative estimate of drug-likeness (QED) is 0.455. The summed E-state index contributed by atoms with van der Waals surface area (Å²) in [6.45, 7) is 7.45. The fourth-order valence-electron chi connectivity index (χ4n) is 3.13. The molecule has 0 bridgehead atoms. The van der Waals surface area contributed by atoms with Crippen molar-refractivity contribution in [2.75, 3.05) is 52.4 Å². The summed E-state index contributed by atoms with van der Waals surface area (Å²) >= 11 is 5.01. The zero-order chi connectivity index (χ0) is 21.0. The van der Waals surface area contributed by atoms with E-state index in [2.05, 4.69) is 14.8 Å². The molecular weight excluding hydrogens is 451 g/mol. The van der Waals surface area contributed by atoms with Gasteiger partial charge in [-0.2, -0.15) is 0 Å². The van der Waals surface area contributed by atoms with Crippen LogP contribution in [0.5, 0.6) is 17.4 Å². The Labute approximate surface area is 184 Å². The van der Waals surface area contributed by atoms with Gasteiger partial charge in [-0.3, -0.25) is 0 Å². The van der Waals surface area contributed by atoms with Crippen molar-refractivity contribution in [2.45, 2.75) is 13.8 Å². The van der Waals surface area contributed by atoms with Crippen LogP contribution in [0.3, 0.4) is 0 Å². The van der Waals surface area contributed by atoms with Crippen LogP contribution in [-0.2, 0) is 0 Å². The molecule has 0 aliphatic carbocycles. The molecule has 0 radical (unpaired) electrons. The van der Waals surface area contributed by atoms with Crippen LogP contribution in [0.25, 0.3) is 0 Å². The predicted molar refractivity (Wildman–Crippen MR) is 121 cm³/mol. The zero-order valence-corrected chi connectivity index (χ0v) is 20.4. The second kappa shape index (κ2) is 9.63. The first kappa shape index (κ1) is 21.7. The van der Waals surface area contributed by atoms with Gasteiger partial charge in [0.25, 0.3) is 0 Å². The molecule has 1 saturated heterocycles. The van der Waals surface area contributed by atoms with Gasteiger partial charge >= 0.3 is 184 Å². The average molecular weight is 478 g/mol. The molecule has 1 aliphatic rings. The number of aromatic nitrogens is 2. The van der Waals surface area contributed by atoms with Gasteiger partial charge in [-0.25, -0.2) is 0 Å². The molecule has 1 aromatic heterocycles. The van der Waals surface area contributed by atoms with Crippen LogP contribution < -0.4 is 23.6 Å². The molecule has 1 unspecified atom stereocenters. The molecule has 2 heterocycles. The number of aryl methyl sites for hydroxylation is 2. The number of thiocarbonyl (C=S) groups is 1. The summed E-state index contributed by atoms with van der Waals surface area (Å²) in [6, 6.07) is 5.97. The Morgan fingerprint density at radius 3 is 2.03 bits per heavy atom. The van der Waals surface area contributed by atoms with Crippen LogP contribution in [-0.4, -0.2) is 81.9 Å². The van der Waals surface area contributed by atoms with E-state index in [1.54, 1.807) is 21.3 Å². The van der Waals surface area contributed by atoms with Crippen LogP contribution in [0, 0.1) is 13.8 Å². The Balaban J connectivity index is 1.65. The van der Waals surface area contributed by atoms with Gasteiger partial charge in [-0.05, 0) is 0 Å². The third-order valence-electron chi connectivity index (χ3n) is 4.96. The van der Waals surface area contributed by atoms with Gasteiger partial charge in [-0.1, -0.05) is 0 Å². The minimum atomic E-state index is -0.763. The van der Waals surface area contributed by atoms with E-state index >= 15 is 0 Å². The fraction of sp³-hybridized carbons (Fsp3) is 0.450.